The van der Waals surface area contributed by atoms with Crippen LogP contribution >= 0.6 is 11.3 Å². The maximum atomic E-state index is 5.13. The van der Waals surface area contributed by atoms with Gasteiger partial charge in [0, 0.05) is 59.5 Å². The van der Waals surface area contributed by atoms with E-state index in [-0.39, 0.29) is 0 Å². The molecule has 0 saturated heterocycles. The Kier molecular flexibility index (Phi) is 6.12. The Morgan fingerprint density at radius 1 is 0.373 bits per heavy atom. The minimum Gasteiger partial charge on any atom is -0.309 e. The minimum absolute atomic E-state index is 0.966. The lowest BCUT2D eigenvalue weighted by Crippen LogP contribution is -1.95. The summed E-state index contributed by atoms with van der Waals surface area (Å²) in [5.74, 6) is 0. The molecule has 11 aromatic rings. The monoisotopic (exact) mass is 667 g/mol. The van der Waals surface area contributed by atoms with E-state index in [4.69, 9.17) is 4.98 Å². The summed E-state index contributed by atoms with van der Waals surface area (Å²) in [5.41, 5.74) is 11.3. The molecule has 0 N–H and O–H groups in total. The molecular formula is C47H29N3S. The summed E-state index contributed by atoms with van der Waals surface area (Å²) in [4.78, 5) is 5.13. The van der Waals surface area contributed by atoms with E-state index >= 15 is 0 Å². The molecule has 4 aromatic heterocycles. The van der Waals surface area contributed by atoms with Gasteiger partial charge in [0.25, 0.3) is 0 Å². The van der Waals surface area contributed by atoms with Gasteiger partial charge in [0.2, 0.25) is 0 Å². The smallest absolute Gasteiger partial charge is 0.0719 e. The van der Waals surface area contributed by atoms with Crippen LogP contribution in [0.2, 0.25) is 0 Å². The number of hydrogen-bond donors (Lipinski definition) is 0. The van der Waals surface area contributed by atoms with Gasteiger partial charge < -0.3 is 9.13 Å². The zero-order chi connectivity index (χ0) is 33.5. The van der Waals surface area contributed by atoms with Crippen molar-refractivity contribution in [3.63, 3.8) is 0 Å². The van der Waals surface area contributed by atoms with Crippen LogP contribution in [0.3, 0.4) is 0 Å². The van der Waals surface area contributed by atoms with Crippen LogP contribution in [0.5, 0.6) is 0 Å². The summed E-state index contributed by atoms with van der Waals surface area (Å²) < 4.78 is 7.54. The topological polar surface area (TPSA) is 22.8 Å². The maximum absolute atomic E-state index is 5.13. The number of para-hydroxylation sites is 2. The highest BCUT2D eigenvalue weighted by atomic mass is 32.1. The van der Waals surface area contributed by atoms with Crippen molar-refractivity contribution in [1.82, 2.24) is 14.1 Å². The molecule has 0 spiro atoms. The Bertz CT molecular complexity index is 3120. The SMILES string of the molecule is c1ccc(-c2cccc(-c3ccc4c(c3)c3cc5c6ccc7c8ccccc8sc7c6n(-c6ccccc6)c5cc3n4-c3ccccc3)n2)cc1. The third-order valence-corrected chi connectivity index (χ3v) is 11.5. The number of benzene rings is 7. The van der Waals surface area contributed by atoms with Crippen molar-refractivity contribution in [2.45, 2.75) is 0 Å². The van der Waals surface area contributed by atoms with Gasteiger partial charge in [0.15, 0.2) is 0 Å². The Balaban J connectivity index is 1.25. The molecule has 0 aliphatic rings. The standard InChI is InChI=1S/C47H29N3S/c1-4-13-30(14-5-1)40-20-12-21-41(48-40)31-23-26-42-37(27-31)39-28-38-35-24-25-36-34-19-10-11-22-45(34)51-47(36)46(35)50(33-17-8-3-9-18-33)44(38)29-43(39)49(42)32-15-6-2-7-16-32/h1-29H. The normalized spacial score (nSPS) is 11.9. The predicted molar refractivity (Wildman–Crippen MR) is 217 cm³/mol. The van der Waals surface area contributed by atoms with E-state index in [1.807, 2.05) is 17.4 Å². The second-order valence-electron chi connectivity index (χ2n) is 13.2. The lowest BCUT2D eigenvalue weighted by Gasteiger charge is -2.10. The van der Waals surface area contributed by atoms with Crippen LogP contribution in [0, 0.1) is 0 Å². The molecule has 0 amide bonds. The lowest BCUT2D eigenvalue weighted by atomic mass is 10.0. The highest BCUT2D eigenvalue weighted by Crippen LogP contribution is 2.45. The highest BCUT2D eigenvalue weighted by Gasteiger charge is 2.21. The first-order valence-corrected chi connectivity index (χ1v) is 18.1. The first kappa shape index (κ1) is 28.4. The molecule has 238 valence electrons. The van der Waals surface area contributed by atoms with Crippen molar-refractivity contribution in [2.75, 3.05) is 0 Å². The summed E-state index contributed by atoms with van der Waals surface area (Å²) in [6.45, 7) is 0. The van der Waals surface area contributed by atoms with Gasteiger partial charge >= 0.3 is 0 Å². The molecule has 51 heavy (non-hydrogen) atoms. The fourth-order valence-electron chi connectivity index (χ4n) is 8.01. The van der Waals surface area contributed by atoms with E-state index in [0.717, 1.165) is 33.9 Å². The molecule has 0 aliphatic heterocycles. The van der Waals surface area contributed by atoms with E-state index in [1.165, 1.54) is 63.8 Å². The summed E-state index contributed by atoms with van der Waals surface area (Å²) in [6, 6.07) is 63.4. The first-order chi connectivity index (χ1) is 25.3. The summed E-state index contributed by atoms with van der Waals surface area (Å²) in [5, 5.41) is 7.58. The molecule has 0 bridgehead atoms. The highest BCUT2D eigenvalue weighted by molar-refractivity contribution is 7.26. The number of aromatic nitrogens is 3. The average molecular weight is 668 g/mol. The minimum atomic E-state index is 0.966. The van der Waals surface area contributed by atoms with Gasteiger partial charge in [-0.2, -0.15) is 0 Å². The molecule has 0 unspecified atom stereocenters. The van der Waals surface area contributed by atoms with Crippen LogP contribution < -0.4 is 0 Å². The molecule has 0 aliphatic carbocycles. The zero-order valence-electron chi connectivity index (χ0n) is 27.5. The van der Waals surface area contributed by atoms with E-state index in [1.54, 1.807) is 0 Å². The Morgan fingerprint density at radius 2 is 0.980 bits per heavy atom. The fraction of sp³-hybridized carbons (Fsp3) is 0. The number of thiophene rings is 1. The van der Waals surface area contributed by atoms with Crippen molar-refractivity contribution in [1.29, 1.82) is 0 Å². The van der Waals surface area contributed by atoms with Gasteiger partial charge in [-0.25, -0.2) is 4.98 Å². The molecule has 0 radical (unpaired) electrons. The van der Waals surface area contributed by atoms with Crippen LogP contribution in [-0.4, -0.2) is 14.1 Å². The first-order valence-electron chi connectivity index (χ1n) is 17.3. The van der Waals surface area contributed by atoms with Crippen molar-refractivity contribution >= 4 is 75.1 Å². The predicted octanol–water partition coefficient (Wildman–Crippen LogP) is 13.0. The third kappa shape index (κ3) is 4.27. The van der Waals surface area contributed by atoms with Gasteiger partial charge in [-0.15, -0.1) is 11.3 Å². The van der Waals surface area contributed by atoms with Crippen LogP contribution in [0.15, 0.2) is 176 Å². The van der Waals surface area contributed by atoms with Gasteiger partial charge in [-0.05, 0) is 66.7 Å². The van der Waals surface area contributed by atoms with E-state index in [0.29, 0.717) is 0 Å². The second kappa shape index (κ2) is 11.0. The van der Waals surface area contributed by atoms with E-state index in [2.05, 4.69) is 179 Å². The molecule has 0 saturated carbocycles. The Hall–Kier alpha value is -6.49. The van der Waals surface area contributed by atoms with E-state index in [9.17, 15) is 0 Å². The van der Waals surface area contributed by atoms with Gasteiger partial charge in [-0.1, -0.05) is 109 Å². The number of pyridine rings is 1. The summed E-state index contributed by atoms with van der Waals surface area (Å²) in [7, 11) is 0. The maximum Gasteiger partial charge on any atom is 0.0719 e. The van der Waals surface area contributed by atoms with Crippen LogP contribution in [0.1, 0.15) is 0 Å². The molecule has 11 rings (SSSR count). The average Bonchev–Trinajstić information content (AvgIpc) is 3.85. The van der Waals surface area contributed by atoms with E-state index < -0.39 is 0 Å². The number of rotatable bonds is 4. The summed E-state index contributed by atoms with van der Waals surface area (Å²) in [6.07, 6.45) is 0. The number of hydrogen-bond acceptors (Lipinski definition) is 2. The van der Waals surface area contributed by atoms with Crippen molar-refractivity contribution < 1.29 is 0 Å². The molecule has 7 aromatic carbocycles. The zero-order valence-corrected chi connectivity index (χ0v) is 28.3. The van der Waals surface area contributed by atoms with Gasteiger partial charge in [-0.3, -0.25) is 0 Å². The second-order valence-corrected chi connectivity index (χ2v) is 14.2. The quantitative estimate of drug-likeness (QED) is 0.183. The van der Waals surface area contributed by atoms with Crippen LogP contribution in [-0.2, 0) is 0 Å². The van der Waals surface area contributed by atoms with Crippen molar-refractivity contribution in [3.8, 4) is 33.9 Å². The van der Waals surface area contributed by atoms with Gasteiger partial charge in [0.1, 0.15) is 0 Å². The third-order valence-electron chi connectivity index (χ3n) is 10.3. The molecule has 0 fully saturated rings. The molecule has 4 heterocycles. The number of fused-ring (bicyclic) bond motifs is 10. The molecule has 4 heteroatoms. The largest absolute Gasteiger partial charge is 0.309 e. The Morgan fingerprint density at radius 3 is 1.76 bits per heavy atom. The van der Waals surface area contributed by atoms with Crippen molar-refractivity contribution in [2.24, 2.45) is 0 Å². The lowest BCUT2D eigenvalue weighted by molar-refractivity contribution is 1.17. The van der Waals surface area contributed by atoms with Crippen LogP contribution in [0.25, 0.3) is 97.7 Å². The molecule has 3 nitrogen and oxygen atoms in total. The fourth-order valence-corrected chi connectivity index (χ4v) is 9.26. The number of nitrogens with zero attached hydrogens (tertiary/aromatic N) is 3. The van der Waals surface area contributed by atoms with Crippen LogP contribution in [0.4, 0.5) is 0 Å². The van der Waals surface area contributed by atoms with Crippen molar-refractivity contribution in [3.05, 3.63) is 176 Å². The summed E-state index contributed by atoms with van der Waals surface area (Å²) >= 11 is 1.89. The Labute approximate surface area is 297 Å². The van der Waals surface area contributed by atoms with Gasteiger partial charge in [0.05, 0.1) is 38.2 Å². The molecular weight excluding hydrogens is 639 g/mol. The molecule has 0 atom stereocenters.